The highest BCUT2D eigenvalue weighted by molar-refractivity contribution is 6.35. The molecule has 3 fully saturated rings. The molecule has 4 aromatic rings. The molecule has 1 N–H and O–H groups in total. The van der Waals surface area contributed by atoms with Crippen molar-refractivity contribution in [3.63, 3.8) is 0 Å². The van der Waals surface area contributed by atoms with Crippen LogP contribution < -0.4 is 14.8 Å². The van der Waals surface area contributed by atoms with Crippen molar-refractivity contribution >= 4 is 40.8 Å². The van der Waals surface area contributed by atoms with E-state index in [1.807, 2.05) is 30.3 Å². The molecule has 9 nitrogen and oxygen atoms in total. The molecule has 3 aliphatic rings. The van der Waals surface area contributed by atoms with Crippen LogP contribution in [0.5, 0.6) is 11.5 Å². The summed E-state index contributed by atoms with van der Waals surface area (Å²) >= 11 is 12.9. The molecule has 0 radical (unpaired) electrons. The second-order valence-electron chi connectivity index (χ2n) is 12.0. The standard InChI is InChI=1S/C37H37Cl2N3O6/c1-45-31-12-11-25(18-33(31)46-2)32(19-28-29(38)20-40-21-30(28)39)47-36(43)26-9-6-10-27(17-26)41-35(24-7-4-3-5-8-24)37(44)48-34-22-42-15-13-23(34)14-16-42/h3-12,17-18,20-21,23,32,34-35,41H,13-16,19,22H2,1-2H3/t32-,34-,35-/m0/s1. The van der Waals surface area contributed by atoms with Crippen molar-refractivity contribution in [2.24, 2.45) is 5.92 Å². The van der Waals surface area contributed by atoms with Crippen molar-refractivity contribution in [3.05, 3.63) is 117 Å². The molecule has 1 aromatic heterocycles. The molecule has 3 atom stereocenters. The van der Waals surface area contributed by atoms with Gasteiger partial charge in [0.05, 0.1) is 29.8 Å². The Kier molecular flexibility index (Phi) is 10.7. The van der Waals surface area contributed by atoms with E-state index in [1.54, 1.807) is 49.6 Å². The number of methoxy groups -OCH3 is 2. The lowest BCUT2D eigenvalue weighted by atomic mass is 9.86. The summed E-state index contributed by atoms with van der Waals surface area (Å²) in [5.74, 6) is 0.457. The lowest BCUT2D eigenvalue weighted by Gasteiger charge is -2.44. The number of hydrogen-bond donors (Lipinski definition) is 1. The van der Waals surface area contributed by atoms with Crippen LogP contribution in [0.25, 0.3) is 0 Å². The van der Waals surface area contributed by atoms with Crippen LogP contribution in [0.2, 0.25) is 10.0 Å². The summed E-state index contributed by atoms with van der Waals surface area (Å²) < 4.78 is 23.2. The molecule has 3 aliphatic heterocycles. The van der Waals surface area contributed by atoms with Gasteiger partial charge in [-0.3, -0.25) is 9.88 Å². The largest absolute Gasteiger partial charge is 0.493 e. The third-order valence-electron chi connectivity index (χ3n) is 9.01. The average Bonchev–Trinajstić information content (AvgIpc) is 3.12. The molecule has 7 rings (SSSR count). The third kappa shape index (κ3) is 7.70. The van der Waals surface area contributed by atoms with Gasteiger partial charge in [-0.25, -0.2) is 9.59 Å². The summed E-state index contributed by atoms with van der Waals surface area (Å²) in [5, 5.41) is 4.03. The number of ether oxygens (including phenoxy) is 4. The number of pyridine rings is 1. The van der Waals surface area contributed by atoms with E-state index in [0.29, 0.717) is 44.3 Å². The number of hydrogen-bond acceptors (Lipinski definition) is 9. The highest BCUT2D eigenvalue weighted by Gasteiger charge is 2.38. The number of carbonyl (C=O) groups is 2. The Morgan fingerprint density at radius 3 is 2.29 bits per heavy atom. The fraction of sp³-hybridized carbons (Fsp3) is 0.324. The van der Waals surface area contributed by atoms with Gasteiger partial charge >= 0.3 is 11.9 Å². The minimum absolute atomic E-state index is 0.134. The van der Waals surface area contributed by atoms with Crippen molar-refractivity contribution in [1.29, 1.82) is 0 Å². The van der Waals surface area contributed by atoms with Crippen LogP contribution in [0.15, 0.2) is 85.2 Å². The van der Waals surface area contributed by atoms with Crippen LogP contribution in [0, 0.1) is 5.92 Å². The molecule has 0 unspecified atom stereocenters. The van der Waals surface area contributed by atoms with Crippen LogP contribution in [0.1, 0.15) is 52.0 Å². The molecule has 4 heterocycles. The molecule has 0 aliphatic carbocycles. The lowest BCUT2D eigenvalue weighted by molar-refractivity contribution is -0.159. The molecule has 0 spiro atoms. The number of aromatic nitrogens is 1. The van der Waals surface area contributed by atoms with Crippen LogP contribution in [-0.4, -0.2) is 61.8 Å². The zero-order valence-electron chi connectivity index (χ0n) is 26.7. The van der Waals surface area contributed by atoms with Crippen LogP contribution in [-0.2, 0) is 20.7 Å². The Bertz CT molecular complexity index is 1730. The molecule has 0 amide bonds. The van der Waals surface area contributed by atoms with E-state index in [9.17, 15) is 9.59 Å². The topological polar surface area (TPSA) is 99.2 Å². The number of fused-ring (bicyclic) bond motifs is 3. The van der Waals surface area contributed by atoms with E-state index in [0.717, 1.165) is 38.0 Å². The number of rotatable bonds is 12. The van der Waals surface area contributed by atoms with Crippen molar-refractivity contribution in [1.82, 2.24) is 9.88 Å². The minimum atomic E-state index is -0.792. The first-order chi connectivity index (χ1) is 23.3. The summed E-state index contributed by atoms with van der Waals surface area (Å²) in [5.41, 5.74) is 2.85. The summed E-state index contributed by atoms with van der Waals surface area (Å²) in [7, 11) is 3.08. The molecular weight excluding hydrogens is 653 g/mol. The first-order valence-corrected chi connectivity index (χ1v) is 16.6. The second kappa shape index (κ2) is 15.3. The Hall–Kier alpha value is -4.31. The normalized spacial score (nSPS) is 19.5. The maximum absolute atomic E-state index is 13.8. The van der Waals surface area contributed by atoms with Gasteiger partial charge in [0.25, 0.3) is 0 Å². The van der Waals surface area contributed by atoms with E-state index >= 15 is 0 Å². The zero-order valence-corrected chi connectivity index (χ0v) is 28.2. The minimum Gasteiger partial charge on any atom is -0.493 e. The predicted molar refractivity (Wildman–Crippen MR) is 184 cm³/mol. The van der Waals surface area contributed by atoms with Gasteiger partial charge in [-0.05, 0) is 78.9 Å². The number of nitrogens with zero attached hydrogens (tertiary/aromatic N) is 2. The summed E-state index contributed by atoms with van der Waals surface area (Å²) in [4.78, 5) is 33.9. The third-order valence-corrected chi connectivity index (χ3v) is 9.66. The van der Waals surface area contributed by atoms with Crippen LogP contribution in [0.3, 0.4) is 0 Å². The number of piperidine rings is 3. The van der Waals surface area contributed by atoms with Gasteiger partial charge in [0, 0.05) is 31.0 Å². The number of nitrogens with one attached hydrogen (secondary N) is 1. The van der Waals surface area contributed by atoms with Crippen molar-refractivity contribution < 1.29 is 28.5 Å². The first kappa shape index (κ1) is 33.6. The number of carbonyl (C=O) groups excluding carboxylic acids is 2. The first-order valence-electron chi connectivity index (χ1n) is 15.9. The predicted octanol–water partition coefficient (Wildman–Crippen LogP) is 7.34. The molecule has 2 bridgehead atoms. The van der Waals surface area contributed by atoms with Crippen LogP contribution >= 0.6 is 23.2 Å². The van der Waals surface area contributed by atoms with Gasteiger partial charge < -0.3 is 24.3 Å². The van der Waals surface area contributed by atoms with Crippen molar-refractivity contribution in [2.45, 2.75) is 37.5 Å². The number of halogens is 2. The average molecular weight is 691 g/mol. The fourth-order valence-electron chi connectivity index (χ4n) is 6.38. The molecule has 250 valence electrons. The Morgan fingerprint density at radius 2 is 1.62 bits per heavy atom. The highest BCUT2D eigenvalue weighted by Crippen LogP contribution is 2.36. The number of esters is 2. The Balaban J connectivity index is 1.24. The van der Waals surface area contributed by atoms with E-state index in [4.69, 9.17) is 42.1 Å². The molecule has 0 saturated carbocycles. The van der Waals surface area contributed by atoms with E-state index in [2.05, 4.69) is 15.2 Å². The highest BCUT2D eigenvalue weighted by atomic mass is 35.5. The van der Waals surface area contributed by atoms with Crippen molar-refractivity contribution in [2.75, 3.05) is 39.2 Å². The van der Waals surface area contributed by atoms with Gasteiger partial charge in [-0.2, -0.15) is 0 Å². The van der Waals surface area contributed by atoms with Crippen LogP contribution in [0.4, 0.5) is 5.69 Å². The smallest absolute Gasteiger partial charge is 0.338 e. The zero-order chi connectivity index (χ0) is 33.6. The van der Waals surface area contributed by atoms with E-state index in [-0.39, 0.29) is 24.1 Å². The van der Waals surface area contributed by atoms with E-state index in [1.165, 1.54) is 19.5 Å². The van der Waals surface area contributed by atoms with Gasteiger partial charge in [0.15, 0.2) is 17.5 Å². The number of anilines is 1. The fourth-order valence-corrected chi connectivity index (χ4v) is 6.90. The summed E-state index contributed by atoms with van der Waals surface area (Å²) in [6, 6.07) is 20.8. The Labute approximate surface area is 290 Å². The number of benzene rings is 3. The summed E-state index contributed by atoms with van der Waals surface area (Å²) in [6.07, 6.45) is 4.32. The van der Waals surface area contributed by atoms with Gasteiger partial charge in [-0.15, -0.1) is 0 Å². The maximum atomic E-state index is 13.8. The van der Waals surface area contributed by atoms with Gasteiger partial charge in [0.1, 0.15) is 12.2 Å². The van der Waals surface area contributed by atoms with Gasteiger partial charge in [-0.1, -0.05) is 65.7 Å². The summed E-state index contributed by atoms with van der Waals surface area (Å²) in [6.45, 7) is 2.87. The molecule has 3 saturated heterocycles. The van der Waals surface area contributed by atoms with Crippen molar-refractivity contribution in [3.8, 4) is 11.5 Å². The molecular formula is C37H37Cl2N3O6. The Morgan fingerprint density at radius 1 is 0.896 bits per heavy atom. The second-order valence-corrected chi connectivity index (χ2v) is 12.8. The molecule has 3 aromatic carbocycles. The van der Waals surface area contributed by atoms with E-state index < -0.39 is 18.1 Å². The molecule has 11 heteroatoms. The monoisotopic (exact) mass is 689 g/mol. The SMILES string of the molecule is COc1ccc([C@H](Cc2c(Cl)cncc2Cl)OC(=O)c2cccc(N[C@H](C(=O)O[C@H]3CN4CCC3CC4)c3ccccc3)c2)cc1OC. The molecule has 48 heavy (non-hydrogen) atoms. The quantitative estimate of drug-likeness (QED) is 0.153. The maximum Gasteiger partial charge on any atom is 0.338 e. The lowest BCUT2D eigenvalue weighted by Crippen LogP contribution is -2.52. The van der Waals surface area contributed by atoms with Gasteiger partial charge in [0.2, 0.25) is 0 Å².